The summed E-state index contributed by atoms with van der Waals surface area (Å²) in [4.78, 5) is 22.8. The highest BCUT2D eigenvalue weighted by Crippen LogP contribution is 2.30. The van der Waals surface area contributed by atoms with Gasteiger partial charge in [-0.05, 0) is 18.9 Å². The molecule has 1 aromatic carbocycles. The lowest BCUT2D eigenvalue weighted by Crippen LogP contribution is -2.51. The van der Waals surface area contributed by atoms with Crippen LogP contribution in [0.4, 0.5) is 5.69 Å². The van der Waals surface area contributed by atoms with Crippen LogP contribution in [0.3, 0.4) is 0 Å². The van der Waals surface area contributed by atoms with Crippen molar-refractivity contribution in [3.63, 3.8) is 0 Å². The number of carbonyl (C=O) groups is 1. The number of rotatable bonds is 4. The van der Waals surface area contributed by atoms with E-state index in [0.29, 0.717) is 15.4 Å². The summed E-state index contributed by atoms with van der Waals surface area (Å²) >= 11 is 6.70. The van der Waals surface area contributed by atoms with Crippen molar-refractivity contribution < 1.29 is 9.72 Å². The summed E-state index contributed by atoms with van der Waals surface area (Å²) < 4.78 is 0.526. The highest BCUT2D eigenvalue weighted by atomic mass is 79.9. The molecule has 0 atom stereocenters. The van der Waals surface area contributed by atoms with Crippen LogP contribution in [0.5, 0.6) is 0 Å². The molecule has 0 radical (unpaired) electrons. The Morgan fingerprint density at radius 1 is 1.29 bits per heavy atom. The van der Waals surface area contributed by atoms with Crippen LogP contribution in [0.15, 0.2) is 22.7 Å². The Bertz CT molecular complexity index is 557. The van der Waals surface area contributed by atoms with Crippen LogP contribution in [0.2, 0.25) is 0 Å². The molecule has 21 heavy (non-hydrogen) atoms. The van der Waals surface area contributed by atoms with E-state index >= 15 is 0 Å². The average molecular weight is 420 g/mol. The zero-order valence-corrected chi connectivity index (χ0v) is 14.6. The van der Waals surface area contributed by atoms with E-state index in [4.69, 9.17) is 0 Å². The largest absolute Gasteiger partial charge is 0.346 e. The molecule has 1 N–H and O–H groups in total. The first-order valence-electron chi connectivity index (χ1n) is 6.79. The van der Waals surface area contributed by atoms with Gasteiger partial charge in [0.15, 0.2) is 0 Å². The molecule has 114 valence electrons. The van der Waals surface area contributed by atoms with Crippen molar-refractivity contribution >= 4 is 43.5 Å². The molecule has 1 fully saturated rings. The summed E-state index contributed by atoms with van der Waals surface area (Å²) in [6.07, 6.45) is 5.22. The number of nitrogens with zero attached hydrogens (tertiary/aromatic N) is 1. The number of carbonyl (C=O) groups excluding carboxylic acids is 1. The first-order chi connectivity index (χ1) is 9.96. The molecule has 2 rings (SSSR count). The lowest BCUT2D eigenvalue weighted by molar-refractivity contribution is -0.385. The van der Waals surface area contributed by atoms with Crippen LogP contribution in [0, 0.1) is 10.1 Å². The fourth-order valence-corrected chi connectivity index (χ4v) is 3.83. The maximum absolute atomic E-state index is 12.4. The van der Waals surface area contributed by atoms with Crippen LogP contribution in [-0.4, -0.2) is 21.7 Å². The first kappa shape index (κ1) is 16.4. The zero-order valence-electron chi connectivity index (χ0n) is 11.4. The van der Waals surface area contributed by atoms with Crippen LogP contribution in [-0.2, 0) is 0 Å². The summed E-state index contributed by atoms with van der Waals surface area (Å²) in [6.45, 7) is 0. The standard InChI is InChI=1S/C14H16Br2N2O3/c15-9-14(4-2-1-3-5-14)17-13(19)10-6-11(16)8-12(7-10)18(20)21/h6-8H,1-5,9H2,(H,17,19). The maximum atomic E-state index is 12.4. The summed E-state index contributed by atoms with van der Waals surface area (Å²) in [5.74, 6) is -0.263. The van der Waals surface area contributed by atoms with E-state index in [-0.39, 0.29) is 17.1 Å². The molecule has 0 aromatic heterocycles. The van der Waals surface area contributed by atoms with E-state index in [2.05, 4.69) is 37.2 Å². The summed E-state index contributed by atoms with van der Waals surface area (Å²) in [7, 11) is 0. The molecule has 7 heteroatoms. The van der Waals surface area contributed by atoms with Crippen LogP contribution < -0.4 is 5.32 Å². The van der Waals surface area contributed by atoms with Gasteiger partial charge in [-0.1, -0.05) is 51.1 Å². The highest BCUT2D eigenvalue weighted by molar-refractivity contribution is 9.10. The molecule has 1 aromatic rings. The quantitative estimate of drug-likeness (QED) is 0.451. The molecule has 1 aliphatic rings. The van der Waals surface area contributed by atoms with E-state index in [9.17, 15) is 14.9 Å². The van der Waals surface area contributed by atoms with Crippen molar-refractivity contribution in [1.82, 2.24) is 5.32 Å². The number of hydrogen-bond donors (Lipinski definition) is 1. The van der Waals surface area contributed by atoms with Crippen molar-refractivity contribution in [1.29, 1.82) is 0 Å². The lowest BCUT2D eigenvalue weighted by Gasteiger charge is -2.36. The van der Waals surface area contributed by atoms with E-state index in [1.807, 2.05) is 0 Å². The number of nitrogens with one attached hydrogen (secondary N) is 1. The van der Waals surface area contributed by atoms with Crippen LogP contribution in [0.1, 0.15) is 42.5 Å². The van der Waals surface area contributed by atoms with Crippen molar-refractivity contribution in [3.8, 4) is 0 Å². The second-order valence-electron chi connectivity index (χ2n) is 5.38. The summed E-state index contributed by atoms with van der Waals surface area (Å²) in [5, 5.41) is 14.6. The SMILES string of the molecule is O=C(NC1(CBr)CCCCC1)c1cc(Br)cc([N+](=O)[O-])c1. The third-order valence-electron chi connectivity index (χ3n) is 3.80. The second-order valence-corrected chi connectivity index (χ2v) is 6.86. The molecule has 1 saturated carbocycles. The molecule has 1 aliphatic carbocycles. The van der Waals surface area contributed by atoms with Gasteiger partial charge in [-0.25, -0.2) is 0 Å². The van der Waals surface area contributed by atoms with Crippen molar-refractivity contribution in [2.45, 2.75) is 37.6 Å². The molecule has 0 unspecified atom stereocenters. The van der Waals surface area contributed by atoms with Gasteiger partial charge in [-0.3, -0.25) is 14.9 Å². The fraction of sp³-hybridized carbons (Fsp3) is 0.500. The molecule has 5 nitrogen and oxygen atoms in total. The first-order valence-corrected chi connectivity index (χ1v) is 8.71. The van der Waals surface area contributed by atoms with Gasteiger partial charge in [0.05, 0.1) is 10.5 Å². The summed E-state index contributed by atoms with van der Waals surface area (Å²) in [6, 6.07) is 4.30. The molecule has 0 saturated heterocycles. The Balaban J connectivity index is 2.21. The average Bonchev–Trinajstić information content (AvgIpc) is 2.47. The van der Waals surface area contributed by atoms with E-state index in [0.717, 1.165) is 25.7 Å². The molecular formula is C14H16Br2N2O3. The molecule has 0 bridgehead atoms. The Hall–Kier alpha value is -0.950. The Kier molecular flexibility index (Phi) is 5.37. The van der Waals surface area contributed by atoms with Gasteiger partial charge in [-0.15, -0.1) is 0 Å². The van der Waals surface area contributed by atoms with Gasteiger partial charge in [0.25, 0.3) is 11.6 Å². The van der Waals surface area contributed by atoms with Gasteiger partial charge < -0.3 is 5.32 Å². The minimum Gasteiger partial charge on any atom is -0.346 e. The van der Waals surface area contributed by atoms with Gasteiger partial charge in [0.1, 0.15) is 0 Å². The lowest BCUT2D eigenvalue weighted by atomic mass is 9.83. The van der Waals surface area contributed by atoms with Crippen molar-refractivity contribution in [3.05, 3.63) is 38.3 Å². The van der Waals surface area contributed by atoms with Gasteiger partial charge in [-0.2, -0.15) is 0 Å². The van der Waals surface area contributed by atoms with Crippen molar-refractivity contribution in [2.24, 2.45) is 0 Å². The monoisotopic (exact) mass is 418 g/mol. The summed E-state index contributed by atoms with van der Waals surface area (Å²) in [5.41, 5.74) is -0.0278. The number of hydrogen-bond acceptors (Lipinski definition) is 3. The predicted octanol–water partition coefficient (Wildman–Crippen LogP) is 4.18. The topological polar surface area (TPSA) is 72.2 Å². The molecule has 0 heterocycles. The number of alkyl halides is 1. The number of non-ortho nitro benzene ring substituents is 1. The van der Waals surface area contributed by atoms with Crippen molar-refractivity contribution in [2.75, 3.05) is 5.33 Å². The molecule has 0 aliphatic heterocycles. The zero-order chi connectivity index (χ0) is 15.5. The van der Waals surface area contributed by atoms with Crippen LogP contribution >= 0.6 is 31.9 Å². The molecule has 1 amide bonds. The van der Waals surface area contributed by atoms with Gasteiger partial charge >= 0.3 is 0 Å². The minimum atomic E-state index is -0.498. The Morgan fingerprint density at radius 3 is 2.52 bits per heavy atom. The Labute approximate surface area is 139 Å². The fourth-order valence-electron chi connectivity index (χ4n) is 2.64. The highest BCUT2D eigenvalue weighted by Gasteiger charge is 2.33. The molecule has 0 spiro atoms. The number of halogens is 2. The van der Waals surface area contributed by atoms with E-state index in [1.54, 1.807) is 6.07 Å². The van der Waals surface area contributed by atoms with E-state index < -0.39 is 4.92 Å². The maximum Gasteiger partial charge on any atom is 0.271 e. The van der Waals surface area contributed by atoms with Gasteiger partial charge in [0.2, 0.25) is 0 Å². The number of nitro benzene ring substituents is 1. The second kappa shape index (κ2) is 6.87. The van der Waals surface area contributed by atoms with Gasteiger partial charge in [0, 0.05) is 27.5 Å². The van der Waals surface area contributed by atoms with E-state index in [1.165, 1.54) is 18.6 Å². The third-order valence-corrected chi connectivity index (χ3v) is 5.33. The smallest absolute Gasteiger partial charge is 0.271 e. The Morgan fingerprint density at radius 2 is 1.95 bits per heavy atom. The predicted molar refractivity (Wildman–Crippen MR) is 87.9 cm³/mol. The third kappa shape index (κ3) is 4.03. The van der Waals surface area contributed by atoms with Crippen LogP contribution in [0.25, 0.3) is 0 Å². The molecular weight excluding hydrogens is 404 g/mol. The number of amides is 1. The normalized spacial score (nSPS) is 17.2. The number of nitro groups is 1. The number of benzene rings is 1. The minimum absolute atomic E-state index is 0.0916.